The predicted octanol–water partition coefficient (Wildman–Crippen LogP) is 6.32. The van der Waals surface area contributed by atoms with E-state index in [1.165, 1.54) is 0 Å². The van der Waals surface area contributed by atoms with E-state index in [9.17, 15) is 0 Å². The molecular formula is C12H28Br2OSi2. The largest absolute Gasteiger partial charge is 0.438 e. The number of hydrogen-bond donors (Lipinski definition) is 0. The molecule has 0 heterocycles. The van der Waals surface area contributed by atoms with Crippen molar-refractivity contribution >= 4 is 44.5 Å². The van der Waals surface area contributed by atoms with Gasteiger partial charge >= 0.3 is 0 Å². The molecule has 0 aliphatic heterocycles. The van der Waals surface area contributed by atoms with Crippen molar-refractivity contribution in [2.24, 2.45) is 0 Å². The van der Waals surface area contributed by atoms with Crippen LogP contribution in [0.15, 0.2) is 0 Å². The summed E-state index contributed by atoms with van der Waals surface area (Å²) in [5.41, 5.74) is 2.35. The third-order valence-corrected chi connectivity index (χ3v) is 26.2. The molecule has 1 nitrogen and oxygen atoms in total. The first-order chi connectivity index (χ1) is 7.48. The van der Waals surface area contributed by atoms with Crippen LogP contribution in [0.3, 0.4) is 0 Å². The van der Waals surface area contributed by atoms with Gasteiger partial charge in [0.05, 0.1) is 0 Å². The molecule has 0 bridgehead atoms. The fraction of sp³-hybridized carbons (Fsp3) is 1.00. The molecule has 0 radical (unpaired) electrons. The maximum absolute atomic E-state index is 6.78. The van der Waals surface area contributed by atoms with Crippen LogP contribution in [0, 0.1) is 0 Å². The lowest BCUT2D eigenvalue weighted by atomic mass is 10.5. The van der Waals surface area contributed by atoms with Crippen LogP contribution in [0.2, 0.25) is 22.2 Å². The summed E-state index contributed by atoms with van der Waals surface area (Å²) in [6.07, 6.45) is 0. The second-order valence-corrected chi connectivity index (χ2v) is 21.8. The Labute approximate surface area is 126 Å². The first-order valence-electron chi connectivity index (χ1n) is 6.56. The highest BCUT2D eigenvalue weighted by atomic mass is 79.9. The van der Waals surface area contributed by atoms with Gasteiger partial charge in [0.2, 0.25) is 0 Å². The predicted molar refractivity (Wildman–Crippen MR) is 90.8 cm³/mol. The molecule has 0 saturated carbocycles. The molecule has 17 heavy (non-hydrogen) atoms. The molecular weight excluding hydrogens is 376 g/mol. The Kier molecular flexibility index (Phi) is 7.21. The minimum atomic E-state index is -1.84. The van der Waals surface area contributed by atoms with E-state index in [2.05, 4.69) is 86.0 Å². The molecule has 0 rings (SSSR count). The van der Waals surface area contributed by atoms with E-state index >= 15 is 0 Å². The smallest absolute Gasteiger partial charge is 0.258 e. The second kappa shape index (κ2) is 6.68. The van der Waals surface area contributed by atoms with Gasteiger partial charge in [-0.2, -0.15) is 0 Å². The Morgan fingerprint density at radius 1 is 0.588 bits per heavy atom. The maximum atomic E-state index is 6.78. The Balaban J connectivity index is 5.22. The van der Waals surface area contributed by atoms with Gasteiger partial charge in [-0.3, -0.25) is 0 Å². The Morgan fingerprint density at radius 3 is 0.882 bits per heavy atom. The minimum Gasteiger partial charge on any atom is -0.438 e. The number of rotatable bonds is 6. The van der Waals surface area contributed by atoms with E-state index in [1.54, 1.807) is 0 Å². The third kappa shape index (κ3) is 4.16. The fourth-order valence-corrected chi connectivity index (χ4v) is 17.2. The monoisotopic (exact) mass is 402 g/mol. The average molecular weight is 404 g/mol. The van der Waals surface area contributed by atoms with Gasteiger partial charge in [-0.1, -0.05) is 86.0 Å². The van der Waals surface area contributed by atoms with Crippen molar-refractivity contribution in [1.82, 2.24) is 0 Å². The Morgan fingerprint density at radius 2 is 0.765 bits per heavy atom. The molecule has 0 aromatic carbocycles. The molecule has 104 valence electrons. The third-order valence-electron chi connectivity index (χ3n) is 3.46. The van der Waals surface area contributed by atoms with Gasteiger partial charge in [0, 0.05) is 0 Å². The molecule has 0 fully saturated rings. The summed E-state index contributed by atoms with van der Waals surface area (Å²) in [6, 6.07) is 0. The first kappa shape index (κ1) is 18.4. The van der Waals surface area contributed by atoms with E-state index in [0.717, 1.165) is 0 Å². The molecule has 0 aliphatic carbocycles. The van der Waals surface area contributed by atoms with Crippen LogP contribution in [-0.2, 0) is 4.12 Å². The average Bonchev–Trinajstić information content (AvgIpc) is 2.15. The summed E-state index contributed by atoms with van der Waals surface area (Å²) in [7, 11) is 0. The molecule has 0 saturated heterocycles. The topological polar surface area (TPSA) is 9.23 Å². The molecule has 0 aromatic rings. The first-order valence-corrected chi connectivity index (χ1v) is 15.2. The summed E-state index contributed by atoms with van der Waals surface area (Å²) < 4.78 is 6.78. The van der Waals surface area contributed by atoms with E-state index < -0.39 is 13.9 Å². The van der Waals surface area contributed by atoms with Gasteiger partial charge < -0.3 is 4.12 Å². The SMILES string of the molecule is CC(C)[Si](Br)(O[Si](Br)(C(C)C)C(C)C)C(C)C. The summed E-state index contributed by atoms with van der Waals surface area (Å²) in [5.74, 6) is 0. The Hall–Kier alpha value is 1.35. The summed E-state index contributed by atoms with van der Waals surface area (Å²) in [5, 5.41) is 0. The highest BCUT2D eigenvalue weighted by Gasteiger charge is 2.50. The lowest BCUT2D eigenvalue weighted by Gasteiger charge is -2.44. The van der Waals surface area contributed by atoms with Crippen LogP contribution in [0.4, 0.5) is 0 Å². The zero-order valence-corrected chi connectivity index (χ0v) is 17.6. The normalized spacial score (nSPS) is 14.5. The van der Waals surface area contributed by atoms with Crippen molar-refractivity contribution in [3.63, 3.8) is 0 Å². The van der Waals surface area contributed by atoms with Gasteiger partial charge in [-0.15, -0.1) is 0 Å². The van der Waals surface area contributed by atoms with Gasteiger partial charge in [-0.25, -0.2) is 0 Å². The summed E-state index contributed by atoms with van der Waals surface area (Å²) in [4.78, 5) is 0. The van der Waals surface area contributed by atoms with Crippen LogP contribution in [0.25, 0.3) is 0 Å². The van der Waals surface area contributed by atoms with Crippen LogP contribution < -0.4 is 0 Å². The van der Waals surface area contributed by atoms with Crippen molar-refractivity contribution < 1.29 is 4.12 Å². The van der Waals surface area contributed by atoms with E-state index in [4.69, 9.17) is 4.12 Å². The van der Waals surface area contributed by atoms with Crippen molar-refractivity contribution in [2.75, 3.05) is 0 Å². The van der Waals surface area contributed by atoms with Crippen LogP contribution in [0.5, 0.6) is 0 Å². The molecule has 0 spiro atoms. The van der Waals surface area contributed by atoms with Crippen LogP contribution >= 0.6 is 30.6 Å². The molecule has 5 heteroatoms. The van der Waals surface area contributed by atoms with Gasteiger partial charge in [0.1, 0.15) is 0 Å². The van der Waals surface area contributed by atoms with Crippen molar-refractivity contribution in [3.8, 4) is 0 Å². The highest BCUT2D eigenvalue weighted by molar-refractivity contribution is 9.27. The minimum absolute atomic E-state index is 0.587. The van der Waals surface area contributed by atoms with Crippen molar-refractivity contribution in [2.45, 2.75) is 77.6 Å². The summed E-state index contributed by atoms with van der Waals surface area (Å²) >= 11 is 8.02. The van der Waals surface area contributed by atoms with E-state index in [0.29, 0.717) is 22.2 Å². The van der Waals surface area contributed by atoms with Gasteiger partial charge in [0.15, 0.2) is 0 Å². The van der Waals surface area contributed by atoms with Gasteiger partial charge in [-0.05, 0) is 22.2 Å². The Bertz CT molecular complexity index is 203. The van der Waals surface area contributed by atoms with Crippen molar-refractivity contribution in [3.05, 3.63) is 0 Å². The molecule has 0 aliphatic rings. The fourth-order valence-electron chi connectivity index (χ4n) is 2.04. The molecule has 0 amide bonds. The lowest BCUT2D eigenvalue weighted by Crippen LogP contribution is -2.51. The molecule has 0 atom stereocenters. The molecule has 0 unspecified atom stereocenters. The molecule has 0 aromatic heterocycles. The zero-order valence-electron chi connectivity index (χ0n) is 12.5. The zero-order chi connectivity index (χ0) is 14.0. The van der Waals surface area contributed by atoms with Crippen LogP contribution in [-0.4, -0.2) is 13.9 Å². The van der Waals surface area contributed by atoms with E-state index in [-0.39, 0.29) is 0 Å². The maximum Gasteiger partial charge on any atom is 0.258 e. The molecule has 0 N–H and O–H groups in total. The van der Waals surface area contributed by atoms with Crippen molar-refractivity contribution in [1.29, 1.82) is 0 Å². The number of hydrogen-bond acceptors (Lipinski definition) is 1. The quantitative estimate of drug-likeness (QED) is 0.372. The second-order valence-electron chi connectivity index (χ2n) is 6.12. The lowest BCUT2D eigenvalue weighted by molar-refractivity contribution is 0.505. The van der Waals surface area contributed by atoms with Gasteiger partial charge in [0.25, 0.3) is 13.9 Å². The number of halogens is 2. The standard InChI is InChI=1S/C12H28Br2OSi2/c1-9(2)16(13,10(3)4)15-17(14,11(5)6)12(7)8/h9-12H,1-8H3. The highest BCUT2D eigenvalue weighted by Crippen LogP contribution is 2.48. The van der Waals surface area contributed by atoms with E-state index in [1.807, 2.05) is 0 Å². The van der Waals surface area contributed by atoms with Crippen LogP contribution in [0.1, 0.15) is 55.4 Å². The summed E-state index contributed by atoms with van der Waals surface area (Å²) in [6.45, 7) is 14.6.